The molecule has 18 heavy (non-hydrogen) atoms. The van der Waals surface area contributed by atoms with E-state index in [2.05, 4.69) is 27.7 Å². The van der Waals surface area contributed by atoms with Gasteiger partial charge in [0.2, 0.25) is 0 Å². The molecule has 0 aromatic rings. The van der Waals surface area contributed by atoms with E-state index in [1.807, 2.05) is 0 Å². The van der Waals surface area contributed by atoms with Gasteiger partial charge in [0.15, 0.2) is 0 Å². The molecule has 1 N–H and O–H groups in total. The molecule has 2 nitrogen and oxygen atoms in total. The van der Waals surface area contributed by atoms with Gasteiger partial charge in [-0.25, -0.2) is 0 Å². The van der Waals surface area contributed by atoms with E-state index in [1.54, 1.807) is 31.6 Å². The standard InChI is InChI=1S/C12H28P.C3H6O2/c1-5-9-13(10-6-2,11-7-3)12-8-4;1-2-3(4)5/h5-12H2,1-4H3;2H2,1H3,(H,4,5)/q+1;. The van der Waals surface area contributed by atoms with Crippen molar-refractivity contribution >= 4 is 13.2 Å². The molecule has 0 amide bonds. The Hall–Kier alpha value is -0.100. The van der Waals surface area contributed by atoms with Gasteiger partial charge in [-0.05, 0) is 25.7 Å². The smallest absolute Gasteiger partial charge is 0.303 e. The largest absolute Gasteiger partial charge is 0.481 e. The molecule has 0 saturated heterocycles. The third-order valence-electron chi connectivity index (χ3n) is 3.09. The van der Waals surface area contributed by atoms with Crippen LogP contribution < -0.4 is 0 Å². The van der Waals surface area contributed by atoms with Gasteiger partial charge in [-0.1, -0.05) is 34.6 Å². The predicted octanol–water partition coefficient (Wildman–Crippen LogP) is 5.13. The van der Waals surface area contributed by atoms with Crippen LogP contribution in [0.15, 0.2) is 0 Å². The summed E-state index contributed by atoms with van der Waals surface area (Å²) in [5.74, 6) is -0.745. The fourth-order valence-electron chi connectivity index (χ4n) is 2.57. The molecule has 0 heterocycles. The van der Waals surface area contributed by atoms with Crippen molar-refractivity contribution in [2.24, 2.45) is 0 Å². The average molecular weight is 277 g/mol. The maximum absolute atomic E-state index is 9.37. The van der Waals surface area contributed by atoms with Crippen LogP contribution in [0.5, 0.6) is 0 Å². The molecule has 0 saturated carbocycles. The lowest BCUT2D eigenvalue weighted by atomic mass is 10.5. The molecule has 0 atom stereocenters. The molecule has 0 aromatic heterocycles. The molecular weight excluding hydrogens is 243 g/mol. The molecule has 0 aromatic carbocycles. The summed E-state index contributed by atoms with van der Waals surface area (Å²) in [6.45, 7) is 11.0. The van der Waals surface area contributed by atoms with Crippen molar-refractivity contribution in [1.82, 2.24) is 0 Å². The second kappa shape index (κ2) is 13.3. The minimum absolute atomic E-state index is 0.222. The zero-order valence-electron chi connectivity index (χ0n) is 13.2. The summed E-state index contributed by atoms with van der Waals surface area (Å²) in [5.41, 5.74) is 0. The van der Waals surface area contributed by atoms with E-state index in [4.69, 9.17) is 5.11 Å². The van der Waals surface area contributed by atoms with Gasteiger partial charge in [-0.2, -0.15) is 0 Å². The maximum atomic E-state index is 9.37. The summed E-state index contributed by atoms with van der Waals surface area (Å²) in [5, 5.41) is 7.72. The minimum Gasteiger partial charge on any atom is -0.481 e. The number of carbonyl (C=O) groups is 1. The number of hydrogen-bond donors (Lipinski definition) is 1. The molecule has 110 valence electrons. The molecule has 0 rings (SSSR count). The van der Waals surface area contributed by atoms with Crippen molar-refractivity contribution in [2.75, 3.05) is 24.6 Å². The van der Waals surface area contributed by atoms with Crippen LogP contribution in [-0.2, 0) is 4.79 Å². The van der Waals surface area contributed by atoms with Crippen LogP contribution in [0.4, 0.5) is 0 Å². The first-order valence-electron chi connectivity index (χ1n) is 7.58. The minimum atomic E-state index is -0.745. The Balaban J connectivity index is 0. The number of aliphatic carboxylic acids is 1. The number of rotatable bonds is 9. The van der Waals surface area contributed by atoms with E-state index in [-0.39, 0.29) is 6.42 Å². The van der Waals surface area contributed by atoms with Crippen LogP contribution in [-0.4, -0.2) is 35.7 Å². The van der Waals surface area contributed by atoms with Gasteiger partial charge < -0.3 is 5.11 Å². The van der Waals surface area contributed by atoms with Gasteiger partial charge in [0.1, 0.15) is 0 Å². The Kier molecular flexibility index (Phi) is 15.0. The molecule has 0 aliphatic carbocycles. The lowest BCUT2D eigenvalue weighted by molar-refractivity contribution is -0.136. The Morgan fingerprint density at radius 1 is 0.778 bits per heavy atom. The fraction of sp³-hybridized carbons (Fsp3) is 0.933. The Morgan fingerprint density at radius 2 is 1.00 bits per heavy atom. The molecule has 0 aliphatic rings. The molecule has 0 unspecified atom stereocenters. The van der Waals surface area contributed by atoms with E-state index in [1.165, 1.54) is 25.7 Å². The van der Waals surface area contributed by atoms with Gasteiger partial charge in [-0.15, -0.1) is 0 Å². The molecular formula is C15H34O2P+. The number of carboxylic acid groups (broad SMARTS) is 1. The summed E-state index contributed by atoms with van der Waals surface area (Å²) in [4.78, 5) is 9.37. The highest BCUT2D eigenvalue weighted by Crippen LogP contribution is 2.60. The van der Waals surface area contributed by atoms with Crippen LogP contribution in [0.1, 0.15) is 66.7 Å². The van der Waals surface area contributed by atoms with E-state index in [0.29, 0.717) is 0 Å². The van der Waals surface area contributed by atoms with Gasteiger partial charge in [0.25, 0.3) is 0 Å². The number of carboxylic acids is 1. The molecule has 0 bridgehead atoms. The molecule has 0 spiro atoms. The monoisotopic (exact) mass is 277 g/mol. The summed E-state index contributed by atoms with van der Waals surface area (Å²) in [7, 11) is -0.496. The van der Waals surface area contributed by atoms with Crippen molar-refractivity contribution in [3.63, 3.8) is 0 Å². The number of hydrogen-bond acceptors (Lipinski definition) is 1. The van der Waals surface area contributed by atoms with Crippen LogP contribution >= 0.6 is 7.26 Å². The van der Waals surface area contributed by atoms with Gasteiger partial charge in [0.05, 0.1) is 24.6 Å². The van der Waals surface area contributed by atoms with Gasteiger partial charge in [0, 0.05) is 13.7 Å². The first kappa shape index (κ1) is 20.2. The lowest BCUT2D eigenvalue weighted by Gasteiger charge is -2.26. The summed E-state index contributed by atoms with van der Waals surface area (Å²) < 4.78 is 0. The highest BCUT2D eigenvalue weighted by molar-refractivity contribution is 7.75. The van der Waals surface area contributed by atoms with Crippen molar-refractivity contribution in [3.8, 4) is 0 Å². The SMILES string of the molecule is CCC(=O)O.CCC[P+](CCC)(CCC)CCC. The Morgan fingerprint density at radius 3 is 1.11 bits per heavy atom. The highest BCUT2D eigenvalue weighted by atomic mass is 31.2. The molecule has 0 aliphatic heterocycles. The van der Waals surface area contributed by atoms with Gasteiger partial charge in [-0.3, -0.25) is 4.79 Å². The predicted molar refractivity (Wildman–Crippen MR) is 85.5 cm³/mol. The topological polar surface area (TPSA) is 37.3 Å². The zero-order valence-corrected chi connectivity index (χ0v) is 14.1. The molecule has 0 fully saturated rings. The van der Waals surface area contributed by atoms with Crippen LogP contribution in [0.25, 0.3) is 0 Å². The van der Waals surface area contributed by atoms with Crippen LogP contribution in [0.3, 0.4) is 0 Å². The molecule has 3 heteroatoms. The van der Waals surface area contributed by atoms with Crippen LogP contribution in [0.2, 0.25) is 0 Å². The Bertz CT molecular complexity index is 163. The zero-order chi connectivity index (χ0) is 14.4. The maximum Gasteiger partial charge on any atom is 0.303 e. The van der Waals surface area contributed by atoms with Crippen molar-refractivity contribution in [2.45, 2.75) is 66.7 Å². The third-order valence-corrected chi connectivity index (χ3v) is 8.68. The molecule has 0 radical (unpaired) electrons. The van der Waals surface area contributed by atoms with E-state index < -0.39 is 13.2 Å². The first-order valence-corrected chi connectivity index (χ1v) is 10.1. The van der Waals surface area contributed by atoms with Crippen molar-refractivity contribution < 1.29 is 9.90 Å². The summed E-state index contributed by atoms with van der Waals surface area (Å²) in [6.07, 6.45) is 12.1. The van der Waals surface area contributed by atoms with Crippen molar-refractivity contribution in [3.05, 3.63) is 0 Å². The average Bonchev–Trinajstić information content (AvgIpc) is 2.31. The second-order valence-electron chi connectivity index (χ2n) is 4.98. The first-order chi connectivity index (χ1) is 8.51. The van der Waals surface area contributed by atoms with Crippen molar-refractivity contribution in [1.29, 1.82) is 0 Å². The van der Waals surface area contributed by atoms with E-state index in [9.17, 15) is 4.79 Å². The second-order valence-corrected chi connectivity index (χ2v) is 9.46. The summed E-state index contributed by atoms with van der Waals surface area (Å²) in [6, 6.07) is 0. The quantitative estimate of drug-likeness (QED) is 0.593. The summed E-state index contributed by atoms with van der Waals surface area (Å²) >= 11 is 0. The van der Waals surface area contributed by atoms with E-state index >= 15 is 0 Å². The third kappa shape index (κ3) is 11.0. The fourth-order valence-corrected chi connectivity index (χ4v) is 7.70. The normalized spacial score (nSPS) is 10.7. The highest BCUT2D eigenvalue weighted by Gasteiger charge is 2.32. The lowest BCUT2D eigenvalue weighted by Crippen LogP contribution is -2.10. The van der Waals surface area contributed by atoms with E-state index in [0.717, 1.165) is 0 Å². The van der Waals surface area contributed by atoms with Gasteiger partial charge >= 0.3 is 5.97 Å². The van der Waals surface area contributed by atoms with Crippen LogP contribution in [0, 0.1) is 0 Å². The Labute approximate surface area is 115 Å².